The van der Waals surface area contributed by atoms with Gasteiger partial charge in [-0.15, -0.1) is 11.8 Å². The lowest BCUT2D eigenvalue weighted by molar-refractivity contribution is -0.118. The van der Waals surface area contributed by atoms with Crippen molar-refractivity contribution >= 4 is 23.4 Å². The van der Waals surface area contributed by atoms with E-state index in [2.05, 4.69) is 18.0 Å². The van der Waals surface area contributed by atoms with E-state index in [0.29, 0.717) is 13.2 Å². The van der Waals surface area contributed by atoms with Gasteiger partial charge in [0.05, 0.1) is 12.3 Å². The van der Waals surface area contributed by atoms with Crippen LogP contribution in [0, 0.1) is 0 Å². The molecule has 1 unspecified atom stereocenters. The van der Waals surface area contributed by atoms with Gasteiger partial charge in [-0.1, -0.05) is 24.3 Å². The molecule has 150 valence electrons. The Hall–Kier alpha value is -2.02. The number of anilines is 1. The molecule has 1 amide bonds. The third-order valence-electron chi connectivity index (χ3n) is 4.92. The summed E-state index contributed by atoms with van der Waals surface area (Å²) in [5.74, 6) is 0.958. The van der Waals surface area contributed by atoms with Crippen molar-refractivity contribution in [2.24, 2.45) is 5.73 Å². The van der Waals surface area contributed by atoms with E-state index in [1.165, 1.54) is 0 Å². The zero-order valence-corrected chi connectivity index (χ0v) is 17.5. The Bertz CT molecular complexity index is 782. The first-order valence-electron chi connectivity index (χ1n) is 9.75. The zero-order valence-electron chi connectivity index (χ0n) is 16.6. The topological polar surface area (TPSA) is 58.8 Å². The van der Waals surface area contributed by atoms with Crippen molar-refractivity contribution in [2.45, 2.75) is 23.0 Å². The molecule has 0 bridgehead atoms. The van der Waals surface area contributed by atoms with E-state index in [4.69, 9.17) is 10.5 Å². The van der Waals surface area contributed by atoms with E-state index in [0.717, 1.165) is 47.8 Å². The Kier molecular flexibility index (Phi) is 7.36. The molecule has 0 saturated heterocycles. The molecule has 0 saturated carbocycles. The van der Waals surface area contributed by atoms with E-state index in [1.54, 1.807) is 16.7 Å². The van der Waals surface area contributed by atoms with Gasteiger partial charge < -0.3 is 20.3 Å². The average molecular weight is 400 g/mol. The van der Waals surface area contributed by atoms with Crippen molar-refractivity contribution in [3.8, 4) is 5.75 Å². The lowest BCUT2D eigenvalue weighted by Gasteiger charge is -2.31. The van der Waals surface area contributed by atoms with Crippen LogP contribution < -0.4 is 15.4 Å². The normalized spacial score (nSPS) is 16.4. The summed E-state index contributed by atoms with van der Waals surface area (Å²) >= 11 is 1.61. The molecule has 6 heteroatoms. The second-order valence-corrected chi connectivity index (χ2v) is 8.23. The lowest BCUT2D eigenvalue weighted by atomic mass is 10.1. The number of ether oxygens (including phenoxy) is 1. The maximum atomic E-state index is 12.8. The van der Waals surface area contributed by atoms with Crippen molar-refractivity contribution in [2.75, 3.05) is 45.2 Å². The summed E-state index contributed by atoms with van der Waals surface area (Å²) in [7, 11) is 3.93. The zero-order chi connectivity index (χ0) is 19.9. The Morgan fingerprint density at radius 2 is 1.86 bits per heavy atom. The number of fused-ring (bicyclic) bond motifs is 1. The molecule has 5 nitrogen and oxygen atoms in total. The SMILES string of the molecule is CN(CCN)CCCCOc1ccc(C2Sc3ccccc3N(C)C2=O)cc1. The number of nitrogens with zero attached hydrogens (tertiary/aromatic N) is 2. The van der Waals surface area contributed by atoms with Gasteiger partial charge >= 0.3 is 0 Å². The van der Waals surface area contributed by atoms with Crippen LogP contribution in [0.3, 0.4) is 0 Å². The fourth-order valence-electron chi connectivity index (χ4n) is 3.26. The molecule has 0 fully saturated rings. The number of hydrogen-bond acceptors (Lipinski definition) is 5. The molecule has 1 heterocycles. The van der Waals surface area contributed by atoms with Crippen LogP contribution in [-0.4, -0.2) is 51.1 Å². The smallest absolute Gasteiger partial charge is 0.244 e. The first-order chi connectivity index (χ1) is 13.6. The second kappa shape index (κ2) is 9.96. The monoisotopic (exact) mass is 399 g/mol. The van der Waals surface area contributed by atoms with Crippen molar-refractivity contribution in [1.82, 2.24) is 4.90 Å². The molecule has 28 heavy (non-hydrogen) atoms. The minimum atomic E-state index is -0.216. The highest BCUT2D eigenvalue weighted by Crippen LogP contribution is 2.45. The highest BCUT2D eigenvalue weighted by molar-refractivity contribution is 8.00. The van der Waals surface area contributed by atoms with Crippen LogP contribution in [-0.2, 0) is 4.79 Å². The lowest BCUT2D eigenvalue weighted by Crippen LogP contribution is -2.33. The molecule has 3 rings (SSSR count). The van der Waals surface area contributed by atoms with Gasteiger partial charge in [0.25, 0.3) is 0 Å². The number of likely N-dealkylation sites (N-methyl/N-ethyl adjacent to an activating group) is 2. The summed E-state index contributed by atoms with van der Waals surface area (Å²) in [5, 5.41) is -0.216. The van der Waals surface area contributed by atoms with Crippen LogP contribution in [0.5, 0.6) is 5.75 Å². The predicted molar refractivity (Wildman–Crippen MR) is 116 cm³/mol. The maximum Gasteiger partial charge on any atom is 0.244 e. The van der Waals surface area contributed by atoms with Gasteiger partial charge in [-0.2, -0.15) is 0 Å². The highest BCUT2D eigenvalue weighted by Gasteiger charge is 2.32. The third kappa shape index (κ3) is 5.07. The van der Waals surface area contributed by atoms with E-state index in [-0.39, 0.29) is 11.2 Å². The van der Waals surface area contributed by atoms with Gasteiger partial charge in [0.2, 0.25) is 5.91 Å². The van der Waals surface area contributed by atoms with Crippen LogP contribution in [0.2, 0.25) is 0 Å². The van der Waals surface area contributed by atoms with E-state index < -0.39 is 0 Å². The summed E-state index contributed by atoms with van der Waals surface area (Å²) in [6.45, 7) is 3.36. The number of carbonyl (C=O) groups is 1. The Morgan fingerprint density at radius 1 is 1.11 bits per heavy atom. The molecule has 2 aromatic rings. The van der Waals surface area contributed by atoms with Crippen molar-refractivity contribution in [1.29, 1.82) is 0 Å². The molecule has 0 aromatic heterocycles. The van der Waals surface area contributed by atoms with Crippen LogP contribution in [0.15, 0.2) is 53.4 Å². The number of thioether (sulfide) groups is 1. The second-order valence-electron chi connectivity index (χ2n) is 7.08. The van der Waals surface area contributed by atoms with Crippen molar-refractivity contribution in [3.63, 3.8) is 0 Å². The molecule has 2 aromatic carbocycles. The Balaban J connectivity index is 1.53. The van der Waals surface area contributed by atoms with Crippen molar-refractivity contribution < 1.29 is 9.53 Å². The molecule has 1 aliphatic rings. The van der Waals surface area contributed by atoms with Gasteiger partial charge in [0, 0.05) is 25.0 Å². The number of amides is 1. The number of para-hydroxylation sites is 1. The van der Waals surface area contributed by atoms with Gasteiger partial charge in [-0.3, -0.25) is 4.79 Å². The number of hydrogen-bond donors (Lipinski definition) is 1. The minimum absolute atomic E-state index is 0.110. The largest absolute Gasteiger partial charge is 0.494 e. The van der Waals surface area contributed by atoms with Gasteiger partial charge in [-0.05, 0) is 56.3 Å². The summed E-state index contributed by atoms with van der Waals surface area (Å²) in [6, 6.07) is 16.0. The minimum Gasteiger partial charge on any atom is -0.494 e. The van der Waals surface area contributed by atoms with Crippen LogP contribution in [0.4, 0.5) is 5.69 Å². The summed E-state index contributed by atoms with van der Waals surface area (Å²) < 4.78 is 5.85. The van der Waals surface area contributed by atoms with Gasteiger partial charge in [0.15, 0.2) is 0 Å². The standard InChI is InChI=1S/C22H29N3O2S/c1-24(15-13-23)14-5-6-16-27-18-11-9-17(10-12-18)21-22(26)25(2)19-7-3-4-8-20(19)28-21/h3-4,7-12,21H,5-6,13-16,23H2,1-2H3. The quantitative estimate of drug-likeness (QED) is 0.654. The van der Waals surface area contributed by atoms with Crippen LogP contribution in [0.1, 0.15) is 23.7 Å². The molecule has 0 aliphatic carbocycles. The fourth-order valence-corrected chi connectivity index (χ4v) is 4.55. The predicted octanol–water partition coefficient (Wildman–Crippen LogP) is 3.55. The van der Waals surface area contributed by atoms with Gasteiger partial charge in [-0.25, -0.2) is 0 Å². The molecule has 0 radical (unpaired) electrons. The third-order valence-corrected chi connectivity index (χ3v) is 6.23. The van der Waals surface area contributed by atoms with Crippen LogP contribution >= 0.6 is 11.8 Å². The number of nitrogens with two attached hydrogens (primary N) is 1. The first-order valence-corrected chi connectivity index (χ1v) is 10.6. The maximum absolute atomic E-state index is 12.8. The first kappa shape index (κ1) is 20.7. The van der Waals surface area contributed by atoms with E-state index in [9.17, 15) is 4.79 Å². The molecule has 1 atom stereocenters. The van der Waals surface area contributed by atoms with Crippen LogP contribution in [0.25, 0.3) is 0 Å². The molecule has 0 spiro atoms. The highest BCUT2D eigenvalue weighted by atomic mass is 32.2. The average Bonchev–Trinajstić information content (AvgIpc) is 2.71. The molecular weight excluding hydrogens is 370 g/mol. The molecule has 1 aliphatic heterocycles. The summed E-state index contributed by atoms with van der Waals surface area (Å²) in [4.78, 5) is 17.9. The van der Waals surface area contributed by atoms with Crippen molar-refractivity contribution in [3.05, 3.63) is 54.1 Å². The molecule has 2 N–H and O–H groups in total. The van der Waals surface area contributed by atoms with E-state index in [1.807, 2.05) is 49.5 Å². The number of benzene rings is 2. The Labute approximate surface area is 171 Å². The van der Waals surface area contributed by atoms with E-state index >= 15 is 0 Å². The van der Waals surface area contributed by atoms with Gasteiger partial charge in [0.1, 0.15) is 11.0 Å². The molecular formula is C22H29N3O2S. The number of unbranched alkanes of at least 4 members (excludes halogenated alkanes) is 1. The summed E-state index contributed by atoms with van der Waals surface area (Å²) in [5.41, 5.74) is 7.53. The number of rotatable bonds is 9. The fraction of sp³-hybridized carbons (Fsp3) is 0.409. The summed E-state index contributed by atoms with van der Waals surface area (Å²) in [6.07, 6.45) is 2.10. The Morgan fingerprint density at radius 3 is 2.61 bits per heavy atom. The number of carbonyl (C=O) groups excluding carboxylic acids is 1.